The van der Waals surface area contributed by atoms with Crippen molar-refractivity contribution in [3.8, 4) is 0 Å². The van der Waals surface area contributed by atoms with Crippen LogP contribution in [0.25, 0.3) is 0 Å². The van der Waals surface area contributed by atoms with Crippen LogP contribution in [0.1, 0.15) is 40.2 Å². The van der Waals surface area contributed by atoms with Crippen molar-refractivity contribution in [1.82, 2.24) is 0 Å². The van der Waals surface area contributed by atoms with E-state index in [0.717, 1.165) is 24.1 Å². The summed E-state index contributed by atoms with van der Waals surface area (Å²) in [6.45, 7) is 1.93. The van der Waals surface area contributed by atoms with Crippen LogP contribution in [0.5, 0.6) is 0 Å². The predicted octanol–water partition coefficient (Wildman–Crippen LogP) is 5.18. The Bertz CT molecular complexity index is 1300. The van der Waals surface area contributed by atoms with Gasteiger partial charge in [-0.3, -0.25) is 19.3 Å². The topological polar surface area (TPSA) is 66.5 Å². The Balaban J connectivity index is 1.26. The van der Waals surface area contributed by atoms with E-state index >= 15 is 0 Å². The number of hydrogen-bond acceptors (Lipinski definition) is 3. The zero-order valence-electron chi connectivity index (χ0n) is 19.0. The van der Waals surface area contributed by atoms with Crippen LogP contribution in [0.15, 0.2) is 78.9 Å². The summed E-state index contributed by atoms with van der Waals surface area (Å²) in [5, 5.41) is 2.93. The van der Waals surface area contributed by atoms with Crippen LogP contribution in [0.2, 0.25) is 0 Å². The van der Waals surface area contributed by atoms with E-state index in [-0.39, 0.29) is 41.4 Å². The first-order valence-electron chi connectivity index (χ1n) is 11.9. The smallest absolute Gasteiger partial charge is 0.255 e. The lowest BCUT2D eigenvalue weighted by Crippen LogP contribution is -2.33. The van der Waals surface area contributed by atoms with E-state index in [9.17, 15) is 14.4 Å². The monoisotopic (exact) mass is 450 g/mol. The van der Waals surface area contributed by atoms with Crippen molar-refractivity contribution in [1.29, 1.82) is 0 Å². The summed E-state index contributed by atoms with van der Waals surface area (Å²) in [5.41, 5.74) is 3.88. The molecule has 170 valence electrons. The fourth-order valence-electron chi connectivity index (χ4n) is 6.49. The standard InChI is InChI=1S/C29H26N2O3/c1-17-8-5-6-13-24(17)30-27(32)19-11-7-12-21(14-19)31-28(33)25-20-15-22(18-9-3-2-4-10-18)23(16-20)26(25)29(31)34/h2-14,20,22-23,25-26H,15-16H2,1H3,(H,30,32)/t20-,22-,23-,25+,26+/m1/s1. The number of fused-ring (bicyclic) bond motifs is 5. The summed E-state index contributed by atoms with van der Waals surface area (Å²) in [6.07, 6.45) is 1.90. The van der Waals surface area contributed by atoms with Crippen molar-refractivity contribution in [3.63, 3.8) is 0 Å². The van der Waals surface area contributed by atoms with Crippen molar-refractivity contribution >= 4 is 29.1 Å². The van der Waals surface area contributed by atoms with Gasteiger partial charge in [0.05, 0.1) is 17.5 Å². The molecule has 1 N–H and O–H groups in total. The van der Waals surface area contributed by atoms with Gasteiger partial charge in [0.2, 0.25) is 11.8 Å². The van der Waals surface area contributed by atoms with Gasteiger partial charge >= 0.3 is 0 Å². The number of benzene rings is 3. The zero-order valence-corrected chi connectivity index (χ0v) is 19.0. The first-order valence-corrected chi connectivity index (χ1v) is 11.9. The molecule has 5 atom stereocenters. The van der Waals surface area contributed by atoms with Crippen molar-refractivity contribution in [3.05, 3.63) is 95.6 Å². The summed E-state index contributed by atoms with van der Waals surface area (Å²) >= 11 is 0. The van der Waals surface area contributed by atoms with Crippen LogP contribution in [-0.2, 0) is 9.59 Å². The molecule has 2 aliphatic carbocycles. The molecule has 3 aromatic rings. The number of anilines is 2. The highest BCUT2D eigenvalue weighted by Gasteiger charge is 2.64. The Hall–Kier alpha value is -3.73. The fourth-order valence-corrected chi connectivity index (χ4v) is 6.49. The van der Waals surface area contributed by atoms with Gasteiger partial charge in [-0.15, -0.1) is 0 Å². The zero-order chi connectivity index (χ0) is 23.4. The van der Waals surface area contributed by atoms with Crippen LogP contribution >= 0.6 is 0 Å². The average Bonchev–Trinajstić information content (AvgIpc) is 3.52. The molecular weight excluding hydrogens is 424 g/mol. The number of hydrogen-bond donors (Lipinski definition) is 1. The maximum absolute atomic E-state index is 13.6. The summed E-state index contributed by atoms with van der Waals surface area (Å²) in [4.78, 5) is 41.3. The third kappa shape index (κ3) is 3.18. The van der Waals surface area contributed by atoms with E-state index in [1.165, 1.54) is 10.5 Å². The van der Waals surface area contributed by atoms with Crippen LogP contribution in [0.3, 0.4) is 0 Å². The number of nitrogens with zero attached hydrogens (tertiary/aromatic N) is 1. The van der Waals surface area contributed by atoms with Gasteiger partial charge in [0.1, 0.15) is 0 Å². The number of nitrogens with one attached hydrogen (secondary N) is 1. The van der Waals surface area contributed by atoms with Gasteiger partial charge in [0.25, 0.3) is 5.91 Å². The Morgan fingerprint density at radius 2 is 1.59 bits per heavy atom. The lowest BCUT2D eigenvalue weighted by Gasteiger charge is -2.28. The van der Waals surface area contributed by atoms with Crippen molar-refractivity contribution in [2.75, 3.05) is 10.2 Å². The molecule has 5 nitrogen and oxygen atoms in total. The van der Waals surface area contributed by atoms with Crippen LogP contribution in [-0.4, -0.2) is 17.7 Å². The Morgan fingerprint density at radius 3 is 2.38 bits per heavy atom. The Labute approximate surface area is 198 Å². The van der Waals surface area contributed by atoms with Crippen molar-refractivity contribution < 1.29 is 14.4 Å². The summed E-state index contributed by atoms with van der Waals surface area (Å²) < 4.78 is 0. The molecule has 1 aliphatic heterocycles. The first kappa shape index (κ1) is 20.8. The minimum atomic E-state index is -0.264. The maximum atomic E-state index is 13.6. The highest BCUT2D eigenvalue weighted by molar-refractivity contribution is 6.23. The SMILES string of the molecule is Cc1ccccc1NC(=O)c1cccc(N2C(=O)[C@H]3[C@H]4C[C@@H]([C@@H]3C2=O)[C@@H](c2ccccc2)C4)c1. The quantitative estimate of drug-likeness (QED) is 0.557. The highest BCUT2D eigenvalue weighted by Crippen LogP contribution is 2.61. The molecule has 3 amide bonds. The number of rotatable bonds is 4. The van der Waals surface area contributed by atoms with E-state index in [1.807, 2.05) is 49.4 Å². The predicted molar refractivity (Wildman–Crippen MR) is 130 cm³/mol. The van der Waals surface area contributed by atoms with E-state index < -0.39 is 0 Å². The number of carbonyl (C=O) groups is 3. The second kappa shape index (κ2) is 7.94. The second-order valence-electron chi connectivity index (χ2n) is 9.80. The molecule has 0 spiro atoms. The molecule has 34 heavy (non-hydrogen) atoms. The molecule has 1 saturated heterocycles. The Morgan fingerprint density at radius 1 is 0.853 bits per heavy atom. The number of aryl methyl sites for hydroxylation is 1. The second-order valence-corrected chi connectivity index (χ2v) is 9.80. The molecule has 0 unspecified atom stereocenters. The first-order chi connectivity index (χ1) is 16.5. The van der Waals surface area contributed by atoms with Gasteiger partial charge in [-0.25, -0.2) is 0 Å². The largest absolute Gasteiger partial charge is 0.322 e. The molecular formula is C29H26N2O3. The molecule has 0 radical (unpaired) electrons. The van der Waals surface area contributed by atoms with Gasteiger partial charge in [0, 0.05) is 11.3 Å². The molecule has 6 rings (SSSR count). The molecule has 0 aromatic heterocycles. The number of carbonyl (C=O) groups excluding carboxylic acids is 3. The third-order valence-corrected chi connectivity index (χ3v) is 8.00. The average molecular weight is 451 g/mol. The molecule has 3 aliphatic rings. The van der Waals surface area contributed by atoms with Gasteiger partial charge in [-0.05, 0) is 72.9 Å². The maximum Gasteiger partial charge on any atom is 0.255 e. The van der Waals surface area contributed by atoms with Crippen molar-refractivity contribution in [2.24, 2.45) is 23.7 Å². The Kier molecular flexibility index (Phi) is 4.87. The molecule has 5 heteroatoms. The third-order valence-electron chi connectivity index (χ3n) is 8.00. The van der Waals surface area contributed by atoms with E-state index in [2.05, 4.69) is 17.4 Å². The van der Waals surface area contributed by atoms with E-state index in [1.54, 1.807) is 24.3 Å². The molecule has 2 saturated carbocycles. The minimum absolute atomic E-state index is 0.106. The summed E-state index contributed by atoms with van der Waals surface area (Å²) in [7, 11) is 0. The molecule has 2 bridgehead atoms. The van der Waals surface area contributed by atoms with Gasteiger partial charge in [0.15, 0.2) is 0 Å². The highest BCUT2D eigenvalue weighted by atomic mass is 16.2. The summed E-state index contributed by atoms with van der Waals surface area (Å²) in [6, 6.07) is 24.8. The number of para-hydroxylation sites is 1. The normalized spacial score (nSPS) is 27.2. The van der Waals surface area contributed by atoms with E-state index in [0.29, 0.717) is 17.2 Å². The fraction of sp³-hybridized carbons (Fsp3) is 0.276. The minimum Gasteiger partial charge on any atom is -0.322 e. The van der Waals surface area contributed by atoms with Crippen LogP contribution < -0.4 is 10.2 Å². The van der Waals surface area contributed by atoms with Crippen molar-refractivity contribution in [2.45, 2.75) is 25.7 Å². The van der Waals surface area contributed by atoms with Crippen LogP contribution in [0, 0.1) is 30.6 Å². The van der Waals surface area contributed by atoms with Crippen LogP contribution in [0.4, 0.5) is 11.4 Å². The lowest BCUT2D eigenvalue weighted by molar-refractivity contribution is -0.123. The van der Waals surface area contributed by atoms with Gasteiger partial charge in [-0.1, -0.05) is 54.6 Å². The summed E-state index contributed by atoms with van der Waals surface area (Å²) in [5.74, 6) is -0.205. The number of amides is 3. The number of imide groups is 1. The van der Waals surface area contributed by atoms with Gasteiger partial charge in [-0.2, -0.15) is 0 Å². The molecule has 3 fully saturated rings. The van der Waals surface area contributed by atoms with Gasteiger partial charge < -0.3 is 5.32 Å². The molecule has 3 aromatic carbocycles. The van der Waals surface area contributed by atoms with E-state index in [4.69, 9.17) is 0 Å². The lowest BCUT2D eigenvalue weighted by atomic mass is 9.73. The molecule has 1 heterocycles.